The van der Waals surface area contributed by atoms with Crippen molar-refractivity contribution in [2.45, 2.75) is 264 Å². The summed E-state index contributed by atoms with van der Waals surface area (Å²) in [7, 11) is 0. The molecule has 32 nitrogen and oxygen atoms in total. The molecular formula is C66H110O32. The molecule has 0 unspecified atom stereocenters. The van der Waals surface area contributed by atoms with E-state index in [2.05, 4.69) is 11.5 Å². The fraction of sp³-hybridized carbons (Fsp3) is 0.803. The minimum atomic E-state index is -0.848. The van der Waals surface area contributed by atoms with Crippen LogP contribution >= 0.6 is 0 Å². The summed E-state index contributed by atoms with van der Waals surface area (Å²) in [5, 5.41) is 8.59. The van der Waals surface area contributed by atoms with Crippen molar-refractivity contribution in [3.63, 3.8) is 0 Å². The number of carbonyl (C=O) groups excluding carboxylic acids is 10. The van der Waals surface area contributed by atoms with Crippen LogP contribution in [0.2, 0.25) is 0 Å². The first-order valence-corrected chi connectivity index (χ1v) is 34.6. The van der Waals surface area contributed by atoms with Crippen LogP contribution in [0.25, 0.3) is 0 Å². The average Bonchev–Trinajstić information content (AvgIpc) is 3.79. The number of carboxylic acid groups (broad SMARTS) is 1. The van der Waals surface area contributed by atoms with E-state index < -0.39 is 65.7 Å². The summed E-state index contributed by atoms with van der Waals surface area (Å²) in [6.45, 7) is 7.62. The molecule has 0 bridgehead atoms. The summed E-state index contributed by atoms with van der Waals surface area (Å²) >= 11 is 0. The number of hydrogen-bond donors (Lipinski definition) is 1. The van der Waals surface area contributed by atoms with Crippen LogP contribution in [0, 0.1) is 0 Å². The number of carboxylic acids is 1. The third-order valence-electron chi connectivity index (χ3n) is 13.3. The van der Waals surface area contributed by atoms with Crippen molar-refractivity contribution < 1.29 is 155 Å². The molecular weight excluding hydrogens is 1300 g/mol. The van der Waals surface area contributed by atoms with Crippen LogP contribution < -0.4 is 0 Å². The Kier molecular flexibility index (Phi) is 65.7. The van der Waals surface area contributed by atoms with Crippen LogP contribution in [0.15, 0.2) is 12.2 Å². The molecule has 0 aliphatic rings. The SMILES string of the molecule is C=C(C)C(=O)OCCOCCCCCC(=O)OOCCCCCC(=O)OOCCCCCC(=O)OOCCCCCC(=O)OOCCCCCC(=O)OOCCCCCC(=O)OOCCCCCC(=O)OOCCCCCC(=O)OOCCCCCC(=O)OOCCCCCC(=O)O. The molecule has 32 heteroatoms. The van der Waals surface area contributed by atoms with Crippen molar-refractivity contribution in [2.75, 3.05) is 79.3 Å². The van der Waals surface area contributed by atoms with E-state index in [4.69, 9.17) is 97.7 Å². The molecule has 0 aromatic rings. The lowest BCUT2D eigenvalue weighted by Gasteiger charge is -2.06. The molecule has 98 heavy (non-hydrogen) atoms. The van der Waals surface area contributed by atoms with Crippen LogP contribution in [0.3, 0.4) is 0 Å². The van der Waals surface area contributed by atoms with Gasteiger partial charge in [0.2, 0.25) is 0 Å². The van der Waals surface area contributed by atoms with Gasteiger partial charge in [0.25, 0.3) is 0 Å². The fourth-order valence-corrected chi connectivity index (χ4v) is 7.88. The van der Waals surface area contributed by atoms with Crippen molar-refractivity contribution in [2.24, 2.45) is 0 Å². The minimum absolute atomic E-state index is 0.0957. The Hall–Kier alpha value is -6.49. The summed E-state index contributed by atoms with van der Waals surface area (Å²) in [4.78, 5) is 216. The Bertz CT molecular complexity index is 2110. The Balaban J connectivity index is 3.46. The summed E-state index contributed by atoms with van der Waals surface area (Å²) in [5.74, 6) is -5.85. The van der Waals surface area contributed by atoms with E-state index in [1.54, 1.807) is 6.92 Å². The molecule has 0 aromatic carbocycles. The zero-order valence-corrected chi connectivity index (χ0v) is 57.6. The molecule has 0 amide bonds. The van der Waals surface area contributed by atoms with E-state index in [-0.39, 0.29) is 130 Å². The number of hydrogen-bond acceptors (Lipinski definition) is 31. The quantitative estimate of drug-likeness (QED) is 0.0194. The topological polar surface area (TPSA) is 393 Å². The highest BCUT2D eigenvalue weighted by molar-refractivity contribution is 5.86. The van der Waals surface area contributed by atoms with E-state index >= 15 is 0 Å². The lowest BCUT2D eigenvalue weighted by Crippen LogP contribution is -2.11. The van der Waals surface area contributed by atoms with Gasteiger partial charge in [0.1, 0.15) is 6.61 Å². The number of esters is 1. The molecule has 0 rings (SSSR count). The van der Waals surface area contributed by atoms with E-state index in [1.807, 2.05) is 0 Å². The predicted molar refractivity (Wildman–Crippen MR) is 337 cm³/mol. The van der Waals surface area contributed by atoms with Gasteiger partial charge in [-0.25, -0.2) is 47.9 Å². The maximum atomic E-state index is 11.9. The second-order valence-corrected chi connectivity index (χ2v) is 22.5. The molecule has 0 fully saturated rings. The zero-order chi connectivity index (χ0) is 71.8. The Morgan fingerprint density at radius 2 is 0.398 bits per heavy atom. The summed E-state index contributed by atoms with van der Waals surface area (Å²) < 4.78 is 10.3. The van der Waals surface area contributed by atoms with Crippen LogP contribution in [-0.4, -0.2) is 150 Å². The zero-order valence-electron chi connectivity index (χ0n) is 57.6. The first kappa shape index (κ1) is 91.5. The average molecular weight is 1420 g/mol. The van der Waals surface area contributed by atoms with Gasteiger partial charge >= 0.3 is 65.7 Å². The van der Waals surface area contributed by atoms with Crippen molar-refractivity contribution in [1.82, 2.24) is 0 Å². The highest BCUT2D eigenvalue weighted by Crippen LogP contribution is 2.12. The molecule has 0 heterocycles. The van der Waals surface area contributed by atoms with Crippen molar-refractivity contribution in [3.05, 3.63) is 12.2 Å². The number of unbranched alkanes of at least 4 members (excludes halogenated alkanes) is 20. The van der Waals surface area contributed by atoms with Gasteiger partial charge in [-0.15, -0.1) is 0 Å². The Morgan fingerprint density at radius 3 is 0.571 bits per heavy atom. The smallest absolute Gasteiger partial charge is 0.342 e. The van der Waals surface area contributed by atoms with Crippen molar-refractivity contribution in [3.8, 4) is 0 Å². The molecule has 0 aliphatic heterocycles. The third-order valence-corrected chi connectivity index (χ3v) is 13.3. The number of carbonyl (C=O) groups is 11. The number of rotatable bonds is 73. The lowest BCUT2D eigenvalue weighted by molar-refractivity contribution is -0.274. The van der Waals surface area contributed by atoms with Crippen molar-refractivity contribution in [1.29, 1.82) is 0 Å². The molecule has 0 radical (unpaired) electrons. The monoisotopic (exact) mass is 1410 g/mol. The molecule has 566 valence electrons. The molecule has 0 atom stereocenters. The van der Waals surface area contributed by atoms with Gasteiger partial charge in [0.15, 0.2) is 0 Å². The molecule has 0 saturated heterocycles. The molecule has 0 aliphatic carbocycles. The molecule has 1 N–H and O–H groups in total. The van der Waals surface area contributed by atoms with Crippen LogP contribution in [0.4, 0.5) is 0 Å². The van der Waals surface area contributed by atoms with Crippen LogP contribution in [0.5, 0.6) is 0 Å². The van der Waals surface area contributed by atoms with E-state index in [0.29, 0.717) is 199 Å². The van der Waals surface area contributed by atoms with E-state index in [9.17, 15) is 52.7 Å². The predicted octanol–water partition coefficient (Wildman–Crippen LogP) is 11.1. The second kappa shape index (κ2) is 70.4. The van der Waals surface area contributed by atoms with Gasteiger partial charge in [-0.1, -0.05) is 70.8 Å². The van der Waals surface area contributed by atoms with Gasteiger partial charge in [-0.3, -0.25) is 48.8 Å². The van der Waals surface area contributed by atoms with Crippen LogP contribution in [-0.2, 0) is 150 Å². The first-order valence-electron chi connectivity index (χ1n) is 34.6. The van der Waals surface area contributed by atoms with Gasteiger partial charge in [0, 0.05) is 76.4 Å². The summed E-state index contributed by atoms with van der Waals surface area (Å²) in [6, 6.07) is 0. The van der Waals surface area contributed by atoms with Gasteiger partial charge in [0.05, 0.1) is 66.1 Å². The molecule has 0 saturated carbocycles. The number of ether oxygens (including phenoxy) is 2. The minimum Gasteiger partial charge on any atom is -0.481 e. The standard InChI is InChI=1S/C66H110O32/c1-55(2)66(78)80-54-53-79-43-23-4-14-34-57(69)90-82-45-25-6-16-36-59(71)92-84-47-27-8-18-38-61(73)94-86-49-29-10-20-40-63(75)96-88-51-31-12-22-42-65(77)98-89-52-32-11-21-41-64(76)97-87-50-30-9-19-39-62(74)95-85-48-28-7-17-37-60(72)93-83-46-26-5-15-35-58(70)91-81-44-24-3-13-33-56(67)68/h1,3-54H2,2H3,(H,67,68). The van der Waals surface area contributed by atoms with Gasteiger partial charge < -0.3 is 14.6 Å². The first-order chi connectivity index (χ1) is 47.6. The van der Waals surface area contributed by atoms with E-state index in [0.717, 1.165) is 12.8 Å². The summed E-state index contributed by atoms with van der Waals surface area (Å²) in [6.07, 6.45) is 19.1. The largest absolute Gasteiger partial charge is 0.481 e. The van der Waals surface area contributed by atoms with Crippen LogP contribution in [0.1, 0.15) is 264 Å². The summed E-state index contributed by atoms with van der Waals surface area (Å²) in [5.41, 5.74) is 0.334. The normalized spacial score (nSPS) is 10.9. The molecule has 0 spiro atoms. The molecule has 0 aromatic heterocycles. The second-order valence-electron chi connectivity index (χ2n) is 22.5. The van der Waals surface area contributed by atoms with Gasteiger partial charge in [-0.2, -0.15) is 44.0 Å². The Morgan fingerprint density at radius 1 is 0.224 bits per heavy atom. The highest BCUT2D eigenvalue weighted by atomic mass is 17.2. The lowest BCUT2D eigenvalue weighted by atomic mass is 10.2. The maximum Gasteiger partial charge on any atom is 0.342 e. The Labute approximate surface area is 574 Å². The maximum absolute atomic E-state index is 11.9. The number of aliphatic carboxylic acids is 1. The fourth-order valence-electron chi connectivity index (χ4n) is 7.88. The third kappa shape index (κ3) is 70.8. The van der Waals surface area contributed by atoms with Crippen molar-refractivity contribution >= 4 is 65.7 Å². The van der Waals surface area contributed by atoms with Gasteiger partial charge in [-0.05, 0) is 135 Å². The van der Waals surface area contributed by atoms with E-state index in [1.165, 1.54) is 0 Å². The highest BCUT2D eigenvalue weighted by Gasteiger charge is 2.13.